The van der Waals surface area contributed by atoms with E-state index in [0.29, 0.717) is 18.5 Å². The molecule has 1 saturated heterocycles. The van der Waals surface area contributed by atoms with Crippen LogP contribution in [0.5, 0.6) is 0 Å². The highest BCUT2D eigenvalue weighted by molar-refractivity contribution is 6.04. The first-order valence-corrected chi connectivity index (χ1v) is 8.04. The zero-order valence-corrected chi connectivity index (χ0v) is 14.4. The van der Waals surface area contributed by atoms with Crippen molar-refractivity contribution in [3.63, 3.8) is 0 Å². The number of nitrogens with one attached hydrogen (secondary N) is 1. The average molecular weight is 357 g/mol. The normalized spacial score (nSPS) is 18.4. The van der Waals surface area contributed by atoms with Gasteiger partial charge in [-0.3, -0.25) is 9.69 Å². The van der Waals surface area contributed by atoms with Crippen molar-refractivity contribution in [1.82, 2.24) is 15.1 Å². The third-order valence-electron chi connectivity index (χ3n) is 3.93. The van der Waals surface area contributed by atoms with Crippen LogP contribution in [0.25, 0.3) is 0 Å². The molecule has 3 amide bonds. The van der Waals surface area contributed by atoms with Gasteiger partial charge in [0, 0.05) is 6.54 Å². The summed E-state index contributed by atoms with van der Waals surface area (Å²) in [4.78, 5) is 27.1. The maximum Gasteiger partial charge on any atom is 0.416 e. The largest absolute Gasteiger partial charge is 0.416 e. The van der Waals surface area contributed by atoms with Gasteiger partial charge in [0.05, 0.1) is 12.2 Å². The fourth-order valence-corrected chi connectivity index (χ4v) is 2.74. The van der Waals surface area contributed by atoms with Crippen LogP contribution in [0, 0.1) is 5.92 Å². The number of carbonyl (C=O) groups is 2. The van der Waals surface area contributed by atoms with Gasteiger partial charge in [0.2, 0.25) is 0 Å². The molecule has 138 valence electrons. The van der Waals surface area contributed by atoms with Gasteiger partial charge in [-0.05, 0) is 37.1 Å². The molecule has 0 spiro atoms. The Hall–Kier alpha value is -2.09. The number of amides is 3. The van der Waals surface area contributed by atoms with E-state index in [1.165, 1.54) is 12.1 Å². The molecule has 1 fully saturated rings. The molecular weight excluding hydrogens is 335 g/mol. The first-order valence-electron chi connectivity index (χ1n) is 8.04. The number of nitrogens with zero attached hydrogens (tertiary/aromatic N) is 2. The van der Waals surface area contributed by atoms with Gasteiger partial charge in [-0.2, -0.15) is 13.2 Å². The smallest absolute Gasteiger partial charge is 0.326 e. The molecule has 1 atom stereocenters. The number of imide groups is 1. The van der Waals surface area contributed by atoms with E-state index in [2.05, 4.69) is 5.32 Å². The quantitative estimate of drug-likeness (QED) is 0.796. The molecule has 0 radical (unpaired) electrons. The molecule has 1 aliphatic heterocycles. The average Bonchev–Trinajstić information content (AvgIpc) is 2.74. The van der Waals surface area contributed by atoms with Crippen LogP contribution in [-0.2, 0) is 17.5 Å². The zero-order chi connectivity index (χ0) is 18.8. The van der Waals surface area contributed by atoms with E-state index >= 15 is 0 Å². The maximum atomic E-state index is 12.6. The van der Waals surface area contributed by atoms with E-state index in [-0.39, 0.29) is 18.5 Å². The lowest BCUT2D eigenvalue weighted by Crippen LogP contribution is -2.40. The van der Waals surface area contributed by atoms with Crippen LogP contribution < -0.4 is 5.32 Å². The summed E-state index contributed by atoms with van der Waals surface area (Å²) in [5.41, 5.74) is -0.0363. The fraction of sp³-hybridized carbons (Fsp3) is 0.529. The van der Waals surface area contributed by atoms with Crippen LogP contribution in [0.3, 0.4) is 0 Å². The first kappa shape index (κ1) is 19.2. The molecule has 25 heavy (non-hydrogen) atoms. The summed E-state index contributed by atoms with van der Waals surface area (Å²) in [7, 11) is 1.70. The molecule has 1 aromatic carbocycles. The lowest BCUT2D eigenvalue weighted by Gasteiger charge is -2.22. The summed E-state index contributed by atoms with van der Waals surface area (Å²) in [5.74, 6) is 0.0112. The Balaban J connectivity index is 1.95. The number of alkyl halides is 3. The minimum atomic E-state index is -4.37. The van der Waals surface area contributed by atoms with Crippen LogP contribution in [-0.4, -0.2) is 41.5 Å². The minimum absolute atomic E-state index is 0.0836. The van der Waals surface area contributed by atoms with Crippen molar-refractivity contribution < 1.29 is 22.8 Å². The highest BCUT2D eigenvalue weighted by Gasteiger charge is 2.38. The van der Waals surface area contributed by atoms with E-state index in [1.54, 1.807) is 11.9 Å². The van der Waals surface area contributed by atoms with E-state index < -0.39 is 23.8 Å². The maximum absolute atomic E-state index is 12.6. The molecule has 0 saturated carbocycles. The number of urea groups is 1. The molecule has 2 rings (SSSR count). The summed E-state index contributed by atoms with van der Waals surface area (Å²) in [6.07, 6.45) is -3.79. The number of halogens is 3. The highest BCUT2D eigenvalue weighted by Crippen LogP contribution is 2.29. The summed E-state index contributed by atoms with van der Waals surface area (Å²) < 4.78 is 37.7. The molecule has 0 unspecified atom stereocenters. The van der Waals surface area contributed by atoms with Gasteiger partial charge in [-0.25, -0.2) is 9.69 Å². The van der Waals surface area contributed by atoms with Crippen LogP contribution in [0.1, 0.15) is 31.4 Å². The van der Waals surface area contributed by atoms with Crippen molar-refractivity contribution in [3.8, 4) is 0 Å². The topological polar surface area (TPSA) is 52.7 Å². The van der Waals surface area contributed by atoms with Crippen LogP contribution >= 0.6 is 0 Å². The molecular formula is C17H22F3N3O2. The predicted octanol–water partition coefficient (Wildman–Crippen LogP) is 3.06. The molecule has 1 N–H and O–H groups in total. The lowest BCUT2D eigenvalue weighted by molar-refractivity contribution is -0.137. The summed E-state index contributed by atoms with van der Waals surface area (Å²) in [5, 5.41) is 2.66. The second-order valence-corrected chi connectivity index (χ2v) is 6.75. The second-order valence-electron chi connectivity index (χ2n) is 6.75. The number of carbonyl (C=O) groups excluding carboxylic acids is 2. The van der Waals surface area contributed by atoms with Gasteiger partial charge < -0.3 is 5.32 Å². The summed E-state index contributed by atoms with van der Waals surface area (Å²) in [6.45, 7) is 4.35. The Morgan fingerprint density at radius 1 is 1.20 bits per heavy atom. The van der Waals surface area contributed by atoms with Crippen LogP contribution in [0.15, 0.2) is 24.3 Å². The van der Waals surface area contributed by atoms with Gasteiger partial charge in [0.25, 0.3) is 5.91 Å². The number of rotatable bonds is 6. The summed E-state index contributed by atoms with van der Waals surface area (Å²) in [6, 6.07) is 3.90. The molecule has 0 bridgehead atoms. The van der Waals surface area contributed by atoms with E-state index in [4.69, 9.17) is 0 Å². The standard InChI is InChI=1S/C17H22F3N3O2/c1-11(2)8-14-15(24)23(16(25)21-14)10-22(3)9-12-4-6-13(7-5-12)17(18,19)20/h4-7,11,14H,8-10H2,1-3H3,(H,21,25)/t14-/m1/s1. The lowest BCUT2D eigenvalue weighted by atomic mass is 10.0. The Morgan fingerprint density at radius 2 is 1.80 bits per heavy atom. The third-order valence-corrected chi connectivity index (χ3v) is 3.93. The monoisotopic (exact) mass is 357 g/mol. The molecule has 1 aromatic rings. The number of hydrogen-bond donors (Lipinski definition) is 1. The van der Waals surface area contributed by atoms with Crippen molar-refractivity contribution in [2.24, 2.45) is 5.92 Å². The second kappa shape index (κ2) is 7.43. The first-order chi connectivity index (χ1) is 11.6. The number of hydrogen-bond acceptors (Lipinski definition) is 3. The van der Waals surface area contributed by atoms with Crippen molar-refractivity contribution >= 4 is 11.9 Å². The van der Waals surface area contributed by atoms with Crippen LogP contribution in [0.2, 0.25) is 0 Å². The predicted molar refractivity (Wildman–Crippen MR) is 86.4 cm³/mol. The van der Waals surface area contributed by atoms with Gasteiger partial charge in [0.1, 0.15) is 6.04 Å². The number of benzene rings is 1. The molecule has 5 nitrogen and oxygen atoms in total. The van der Waals surface area contributed by atoms with Crippen molar-refractivity contribution in [3.05, 3.63) is 35.4 Å². The van der Waals surface area contributed by atoms with Gasteiger partial charge >= 0.3 is 12.2 Å². The van der Waals surface area contributed by atoms with Gasteiger partial charge in [-0.15, -0.1) is 0 Å². The SMILES string of the molecule is CC(C)C[C@H]1NC(=O)N(CN(C)Cc2ccc(C(F)(F)F)cc2)C1=O. The molecule has 8 heteroatoms. The summed E-state index contributed by atoms with van der Waals surface area (Å²) >= 11 is 0. The van der Waals surface area contributed by atoms with E-state index in [9.17, 15) is 22.8 Å². The third kappa shape index (κ3) is 4.94. The fourth-order valence-electron chi connectivity index (χ4n) is 2.74. The minimum Gasteiger partial charge on any atom is -0.326 e. The Labute approximate surface area is 144 Å². The highest BCUT2D eigenvalue weighted by atomic mass is 19.4. The van der Waals surface area contributed by atoms with Crippen molar-refractivity contribution in [2.75, 3.05) is 13.7 Å². The molecule has 0 aliphatic carbocycles. The van der Waals surface area contributed by atoms with E-state index in [0.717, 1.165) is 17.0 Å². The van der Waals surface area contributed by atoms with Crippen molar-refractivity contribution in [1.29, 1.82) is 0 Å². The Morgan fingerprint density at radius 3 is 2.32 bits per heavy atom. The zero-order valence-electron chi connectivity index (χ0n) is 14.4. The van der Waals surface area contributed by atoms with Crippen molar-refractivity contribution in [2.45, 2.75) is 39.0 Å². The van der Waals surface area contributed by atoms with Gasteiger partial charge in [0.15, 0.2) is 0 Å². The Kier molecular flexibility index (Phi) is 5.72. The molecule has 0 aromatic heterocycles. The van der Waals surface area contributed by atoms with E-state index in [1.807, 2.05) is 13.8 Å². The Bertz CT molecular complexity index is 629. The van der Waals surface area contributed by atoms with Gasteiger partial charge in [-0.1, -0.05) is 26.0 Å². The molecule has 1 aliphatic rings. The molecule has 1 heterocycles. The van der Waals surface area contributed by atoms with Crippen LogP contribution in [0.4, 0.5) is 18.0 Å².